The lowest BCUT2D eigenvalue weighted by molar-refractivity contribution is -0.123. The molecule has 6 heteroatoms. The van der Waals surface area contributed by atoms with Crippen molar-refractivity contribution in [3.8, 4) is 5.75 Å². The second-order valence-corrected chi connectivity index (χ2v) is 6.87. The van der Waals surface area contributed by atoms with E-state index in [1.54, 1.807) is 12.1 Å². The number of nitrogens with two attached hydrogens (primary N) is 1. The largest absolute Gasteiger partial charge is 0.483 e. The van der Waals surface area contributed by atoms with Gasteiger partial charge in [0.25, 0.3) is 5.91 Å². The third kappa shape index (κ3) is 6.02. The molecule has 2 rings (SSSR count). The molecule has 0 saturated heterocycles. The molecule has 4 N–H and O–H groups in total. The van der Waals surface area contributed by atoms with E-state index in [1.165, 1.54) is 5.56 Å². The molecule has 6 nitrogen and oxygen atoms in total. The van der Waals surface area contributed by atoms with Gasteiger partial charge in [0.05, 0.1) is 6.04 Å². The molecule has 0 aliphatic carbocycles. The van der Waals surface area contributed by atoms with Crippen molar-refractivity contribution < 1.29 is 14.3 Å². The summed E-state index contributed by atoms with van der Waals surface area (Å²) in [6.45, 7) is 8.04. The van der Waals surface area contributed by atoms with E-state index in [2.05, 4.69) is 30.5 Å². The Morgan fingerprint density at radius 1 is 1.04 bits per heavy atom. The van der Waals surface area contributed by atoms with Gasteiger partial charge in [0.15, 0.2) is 6.61 Å². The number of carbonyl (C=O) groups excluding carboxylic acids is 2. The molecule has 0 aliphatic rings. The highest BCUT2D eigenvalue weighted by atomic mass is 16.5. The zero-order valence-electron chi connectivity index (χ0n) is 16.2. The summed E-state index contributed by atoms with van der Waals surface area (Å²) in [5.41, 5.74) is 8.78. The topological polar surface area (TPSA) is 93.4 Å². The summed E-state index contributed by atoms with van der Waals surface area (Å²) in [6, 6.07) is 12.4. The minimum Gasteiger partial charge on any atom is -0.483 e. The first-order valence-corrected chi connectivity index (χ1v) is 8.95. The van der Waals surface area contributed by atoms with Crippen molar-refractivity contribution in [2.45, 2.75) is 39.7 Å². The number of urea groups is 1. The minimum absolute atomic E-state index is 0.0476. The van der Waals surface area contributed by atoms with Crippen molar-refractivity contribution in [1.82, 2.24) is 5.32 Å². The van der Waals surface area contributed by atoms with Crippen LogP contribution in [0.15, 0.2) is 42.5 Å². The zero-order chi connectivity index (χ0) is 20.0. The van der Waals surface area contributed by atoms with Crippen molar-refractivity contribution in [3.63, 3.8) is 0 Å². The minimum atomic E-state index is -0.613. The van der Waals surface area contributed by atoms with E-state index in [4.69, 9.17) is 10.5 Å². The molecule has 0 fully saturated rings. The fourth-order valence-corrected chi connectivity index (χ4v) is 2.64. The molecule has 27 heavy (non-hydrogen) atoms. The molecule has 1 unspecified atom stereocenters. The van der Waals surface area contributed by atoms with Crippen molar-refractivity contribution >= 4 is 17.6 Å². The average molecular weight is 369 g/mol. The summed E-state index contributed by atoms with van der Waals surface area (Å²) in [6.07, 6.45) is 0. The first-order chi connectivity index (χ1) is 12.8. The van der Waals surface area contributed by atoms with Crippen molar-refractivity contribution in [1.29, 1.82) is 0 Å². The summed E-state index contributed by atoms with van der Waals surface area (Å²) >= 11 is 0. The van der Waals surface area contributed by atoms with Crippen LogP contribution in [0.25, 0.3) is 0 Å². The molecule has 1 atom stereocenters. The lowest BCUT2D eigenvalue weighted by Crippen LogP contribution is -2.31. The van der Waals surface area contributed by atoms with Gasteiger partial charge in [-0.1, -0.05) is 38.1 Å². The molecule has 0 bridgehead atoms. The van der Waals surface area contributed by atoms with Crippen LogP contribution in [0.4, 0.5) is 10.5 Å². The Labute approximate surface area is 160 Å². The normalized spacial score (nSPS) is 11.7. The summed E-state index contributed by atoms with van der Waals surface area (Å²) < 4.78 is 5.72. The number of hydrogen-bond donors (Lipinski definition) is 3. The highest BCUT2D eigenvalue weighted by Gasteiger charge is 2.12. The van der Waals surface area contributed by atoms with Crippen LogP contribution in [0.1, 0.15) is 49.4 Å². The lowest BCUT2D eigenvalue weighted by atomic mass is 10.0. The van der Waals surface area contributed by atoms with Gasteiger partial charge in [-0.15, -0.1) is 0 Å². The number of nitrogens with one attached hydrogen (secondary N) is 2. The Balaban J connectivity index is 1.91. The van der Waals surface area contributed by atoms with E-state index in [0.29, 0.717) is 11.6 Å². The number of carbonyl (C=O) groups is 2. The maximum absolute atomic E-state index is 12.2. The number of ether oxygens (including phenoxy) is 1. The van der Waals surface area contributed by atoms with Gasteiger partial charge in [0, 0.05) is 5.69 Å². The van der Waals surface area contributed by atoms with Crippen LogP contribution in [0, 0.1) is 6.92 Å². The van der Waals surface area contributed by atoms with Crippen molar-refractivity contribution in [3.05, 3.63) is 59.2 Å². The van der Waals surface area contributed by atoms with E-state index >= 15 is 0 Å². The number of amides is 3. The molecular formula is C21H27N3O3. The van der Waals surface area contributed by atoms with Gasteiger partial charge < -0.3 is 21.1 Å². The highest BCUT2D eigenvalue weighted by molar-refractivity contribution is 5.87. The van der Waals surface area contributed by atoms with E-state index < -0.39 is 6.03 Å². The number of anilines is 1. The first kappa shape index (κ1) is 20.3. The van der Waals surface area contributed by atoms with Crippen LogP contribution in [0.3, 0.4) is 0 Å². The van der Waals surface area contributed by atoms with E-state index in [0.717, 1.165) is 16.9 Å². The number of hydrogen-bond acceptors (Lipinski definition) is 3. The molecule has 3 amide bonds. The second kappa shape index (κ2) is 9.07. The summed E-state index contributed by atoms with van der Waals surface area (Å²) in [5.74, 6) is 0.927. The van der Waals surface area contributed by atoms with Crippen LogP contribution in [-0.4, -0.2) is 18.5 Å². The molecule has 2 aromatic carbocycles. The Morgan fingerprint density at radius 3 is 2.26 bits per heavy atom. The molecular weight excluding hydrogens is 342 g/mol. The molecule has 0 heterocycles. The summed E-state index contributed by atoms with van der Waals surface area (Å²) in [4.78, 5) is 23.1. The zero-order valence-corrected chi connectivity index (χ0v) is 16.2. The molecule has 0 saturated carbocycles. The van der Waals surface area contributed by atoms with Crippen LogP contribution < -0.4 is 21.1 Å². The smallest absolute Gasteiger partial charge is 0.316 e. The summed E-state index contributed by atoms with van der Waals surface area (Å²) in [7, 11) is 0. The van der Waals surface area contributed by atoms with E-state index in [9.17, 15) is 9.59 Å². The van der Waals surface area contributed by atoms with Gasteiger partial charge in [-0.2, -0.15) is 0 Å². The third-order valence-corrected chi connectivity index (χ3v) is 4.29. The Morgan fingerprint density at radius 2 is 1.67 bits per heavy atom. The maximum atomic E-state index is 12.2. The monoisotopic (exact) mass is 369 g/mol. The van der Waals surface area contributed by atoms with Gasteiger partial charge in [-0.25, -0.2) is 4.79 Å². The van der Waals surface area contributed by atoms with Crippen LogP contribution in [0.2, 0.25) is 0 Å². The quantitative estimate of drug-likeness (QED) is 0.692. The van der Waals surface area contributed by atoms with Gasteiger partial charge in [-0.3, -0.25) is 4.79 Å². The molecule has 0 radical (unpaired) electrons. The van der Waals surface area contributed by atoms with Gasteiger partial charge in [0.2, 0.25) is 0 Å². The van der Waals surface area contributed by atoms with Gasteiger partial charge in [-0.05, 0) is 54.7 Å². The summed E-state index contributed by atoms with van der Waals surface area (Å²) in [5, 5.41) is 5.41. The average Bonchev–Trinajstić information content (AvgIpc) is 2.60. The standard InChI is InChI=1S/C21H27N3O3/c1-13(2)17-6-5-14(3)19(11-17)27-12-20(25)23-15(4)16-7-9-18(10-8-16)24-21(22)26/h5-11,13,15H,12H2,1-4H3,(H,23,25)(H3,22,24,26). The number of primary amides is 1. The number of aryl methyl sites for hydroxylation is 1. The molecule has 144 valence electrons. The number of rotatable bonds is 7. The van der Waals surface area contributed by atoms with Crippen LogP contribution >= 0.6 is 0 Å². The van der Waals surface area contributed by atoms with Crippen LogP contribution in [-0.2, 0) is 4.79 Å². The second-order valence-electron chi connectivity index (χ2n) is 6.87. The number of benzene rings is 2. The Kier molecular flexibility index (Phi) is 6.82. The van der Waals surface area contributed by atoms with Gasteiger partial charge >= 0.3 is 6.03 Å². The lowest BCUT2D eigenvalue weighted by Gasteiger charge is -2.16. The fourth-order valence-electron chi connectivity index (χ4n) is 2.64. The van der Waals surface area contributed by atoms with Gasteiger partial charge in [0.1, 0.15) is 5.75 Å². The predicted octanol–water partition coefficient (Wildman–Crippen LogP) is 3.87. The highest BCUT2D eigenvalue weighted by Crippen LogP contribution is 2.24. The predicted molar refractivity (Wildman–Crippen MR) is 107 cm³/mol. The molecule has 2 aromatic rings. The third-order valence-electron chi connectivity index (χ3n) is 4.29. The maximum Gasteiger partial charge on any atom is 0.316 e. The van der Waals surface area contributed by atoms with Crippen LogP contribution in [0.5, 0.6) is 5.75 Å². The fraction of sp³-hybridized carbons (Fsp3) is 0.333. The van der Waals surface area contributed by atoms with Crippen molar-refractivity contribution in [2.24, 2.45) is 5.73 Å². The molecule has 0 aromatic heterocycles. The van der Waals surface area contributed by atoms with E-state index in [1.807, 2.05) is 38.1 Å². The van der Waals surface area contributed by atoms with E-state index in [-0.39, 0.29) is 18.6 Å². The molecule has 0 spiro atoms. The van der Waals surface area contributed by atoms with Crippen molar-refractivity contribution in [2.75, 3.05) is 11.9 Å². The molecule has 0 aliphatic heterocycles. The Hall–Kier alpha value is -3.02. The Bertz CT molecular complexity index is 801. The SMILES string of the molecule is Cc1ccc(C(C)C)cc1OCC(=O)NC(C)c1ccc(NC(N)=O)cc1. The first-order valence-electron chi connectivity index (χ1n) is 8.95.